The van der Waals surface area contributed by atoms with Crippen molar-refractivity contribution in [3.05, 3.63) is 0 Å². The second-order valence-electron chi connectivity index (χ2n) is 6.21. The highest BCUT2D eigenvalue weighted by molar-refractivity contribution is 7.85. The molecular formula is C17H34O5S. The lowest BCUT2D eigenvalue weighted by Gasteiger charge is -2.04. The molecule has 0 unspecified atom stereocenters. The molecule has 0 amide bonds. The molecule has 5 nitrogen and oxygen atoms in total. The zero-order chi connectivity index (χ0) is 17.4. The molecule has 0 aliphatic heterocycles. The molecule has 0 rings (SSSR count). The average molecular weight is 351 g/mol. The molecule has 0 aromatic rings. The van der Waals surface area contributed by atoms with Crippen LogP contribution in [0.1, 0.15) is 96.8 Å². The Labute approximate surface area is 141 Å². The molecule has 0 fully saturated rings. The van der Waals surface area contributed by atoms with Crippen LogP contribution in [0.15, 0.2) is 0 Å². The summed E-state index contributed by atoms with van der Waals surface area (Å²) < 4.78 is 33.7. The van der Waals surface area contributed by atoms with Crippen molar-refractivity contribution >= 4 is 16.1 Å². The number of hydrogen-bond donors (Lipinski definition) is 1. The van der Waals surface area contributed by atoms with Crippen molar-refractivity contribution < 1.29 is 22.5 Å². The number of rotatable bonds is 16. The Morgan fingerprint density at radius 1 is 0.783 bits per heavy atom. The third-order valence-corrected chi connectivity index (χ3v) is 4.27. The number of carbonyl (C=O) groups is 1. The Bertz CT molecular complexity index is 378. The Morgan fingerprint density at radius 2 is 1.17 bits per heavy atom. The van der Waals surface area contributed by atoms with Crippen molar-refractivity contribution in [2.75, 3.05) is 5.94 Å². The van der Waals surface area contributed by atoms with Gasteiger partial charge in [0.1, 0.15) is 0 Å². The molecular weight excluding hydrogens is 316 g/mol. The van der Waals surface area contributed by atoms with Crippen LogP contribution in [0.5, 0.6) is 0 Å². The highest BCUT2D eigenvalue weighted by Gasteiger charge is 2.09. The van der Waals surface area contributed by atoms with Gasteiger partial charge in [0, 0.05) is 6.42 Å². The van der Waals surface area contributed by atoms with Crippen LogP contribution in [-0.2, 0) is 19.6 Å². The first-order valence-corrected chi connectivity index (χ1v) is 10.7. The van der Waals surface area contributed by atoms with E-state index >= 15 is 0 Å². The second kappa shape index (κ2) is 14.9. The molecule has 0 aliphatic rings. The molecule has 0 saturated carbocycles. The van der Waals surface area contributed by atoms with Crippen molar-refractivity contribution in [2.24, 2.45) is 0 Å². The van der Waals surface area contributed by atoms with E-state index in [4.69, 9.17) is 4.55 Å². The van der Waals surface area contributed by atoms with Crippen LogP contribution in [-0.4, -0.2) is 24.9 Å². The van der Waals surface area contributed by atoms with E-state index in [0.717, 1.165) is 12.8 Å². The SMILES string of the molecule is CCCCCCCCCCCCCCCC(=O)OCS(=O)(=O)O. The maximum Gasteiger partial charge on any atom is 0.306 e. The summed E-state index contributed by atoms with van der Waals surface area (Å²) in [4.78, 5) is 11.2. The Kier molecular flexibility index (Phi) is 14.5. The van der Waals surface area contributed by atoms with Crippen LogP contribution in [0.25, 0.3) is 0 Å². The molecule has 6 heteroatoms. The van der Waals surface area contributed by atoms with Crippen LogP contribution in [0.4, 0.5) is 0 Å². The molecule has 138 valence electrons. The fraction of sp³-hybridized carbons (Fsp3) is 0.941. The van der Waals surface area contributed by atoms with E-state index in [-0.39, 0.29) is 6.42 Å². The molecule has 1 N–H and O–H groups in total. The largest absolute Gasteiger partial charge is 0.447 e. The summed E-state index contributed by atoms with van der Waals surface area (Å²) in [6, 6.07) is 0. The molecule has 0 aromatic carbocycles. The van der Waals surface area contributed by atoms with Crippen molar-refractivity contribution in [3.63, 3.8) is 0 Å². The Balaban J connectivity index is 3.20. The van der Waals surface area contributed by atoms with Crippen LogP contribution in [0, 0.1) is 0 Å². The molecule has 0 saturated heterocycles. The predicted octanol–water partition coefficient (Wildman–Crippen LogP) is 4.86. The molecule has 23 heavy (non-hydrogen) atoms. The number of hydrogen-bond acceptors (Lipinski definition) is 4. The molecule has 0 atom stereocenters. The lowest BCUT2D eigenvalue weighted by atomic mass is 10.0. The van der Waals surface area contributed by atoms with Crippen LogP contribution >= 0.6 is 0 Å². The average Bonchev–Trinajstić information content (AvgIpc) is 2.49. The highest BCUT2D eigenvalue weighted by Crippen LogP contribution is 2.13. The first-order valence-electron chi connectivity index (χ1n) is 9.06. The summed E-state index contributed by atoms with van der Waals surface area (Å²) in [7, 11) is -4.22. The second-order valence-corrected chi connectivity index (χ2v) is 7.61. The van der Waals surface area contributed by atoms with Gasteiger partial charge in [-0.15, -0.1) is 0 Å². The summed E-state index contributed by atoms with van der Waals surface area (Å²) in [5.41, 5.74) is 0. The molecule has 0 bridgehead atoms. The minimum atomic E-state index is -4.22. The van der Waals surface area contributed by atoms with Gasteiger partial charge in [-0.2, -0.15) is 8.42 Å². The Morgan fingerprint density at radius 3 is 1.57 bits per heavy atom. The Hall–Kier alpha value is -0.620. The van der Waals surface area contributed by atoms with Crippen molar-refractivity contribution in [1.82, 2.24) is 0 Å². The number of unbranched alkanes of at least 4 members (excludes halogenated alkanes) is 12. The molecule has 0 spiro atoms. The fourth-order valence-corrected chi connectivity index (χ4v) is 2.78. The van der Waals surface area contributed by atoms with Gasteiger partial charge in [0.05, 0.1) is 0 Å². The summed E-state index contributed by atoms with van der Waals surface area (Å²) in [5, 5.41) is 0. The van der Waals surface area contributed by atoms with Gasteiger partial charge >= 0.3 is 16.1 Å². The summed E-state index contributed by atoms with van der Waals surface area (Å²) in [5.74, 6) is -1.50. The monoisotopic (exact) mass is 350 g/mol. The smallest absolute Gasteiger partial charge is 0.306 e. The van der Waals surface area contributed by atoms with E-state index in [2.05, 4.69) is 11.7 Å². The van der Waals surface area contributed by atoms with Gasteiger partial charge in [-0.05, 0) is 6.42 Å². The van der Waals surface area contributed by atoms with Crippen LogP contribution in [0.2, 0.25) is 0 Å². The van der Waals surface area contributed by atoms with E-state index in [1.807, 2.05) is 0 Å². The number of carbonyl (C=O) groups excluding carboxylic acids is 1. The number of esters is 1. The van der Waals surface area contributed by atoms with Gasteiger partial charge in [0.25, 0.3) is 0 Å². The van der Waals surface area contributed by atoms with Gasteiger partial charge in [-0.1, -0.05) is 84.0 Å². The maximum absolute atomic E-state index is 11.2. The normalized spacial score (nSPS) is 11.6. The molecule has 0 heterocycles. The van der Waals surface area contributed by atoms with Crippen molar-refractivity contribution in [3.8, 4) is 0 Å². The van der Waals surface area contributed by atoms with Gasteiger partial charge in [0.15, 0.2) is 0 Å². The minimum Gasteiger partial charge on any atom is -0.447 e. The zero-order valence-corrected chi connectivity index (χ0v) is 15.4. The van der Waals surface area contributed by atoms with Crippen LogP contribution in [0.3, 0.4) is 0 Å². The van der Waals surface area contributed by atoms with E-state index in [1.54, 1.807) is 0 Å². The molecule has 0 aromatic heterocycles. The van der Waals surface area contributed by atoms with Gasteiger partial charge in [-0.3, -0.25) is 9.35 Å². The first kappa shape index (κ1) is 22.4. The van der Waals surface area contributed by atoms with Gasteiger partial charge in [-0.25, -0.2) is 0 Å². The van der Waals surface area contributed by atoms with Gasteiger partial charge in [0.2, 0.25) is 5.94 Å². The highest BCUT2D eigenvalue weighted by atomic mass is 32.2. The van der Waals surface area contributed by atoms with Crippen LogP contribution < -0.4 is 0 Å². The standard InChI is InChI=1S/C17H34O5S/c1-2-3-4-5-6-7-8-9-10-11-12-13-14-15-17(18)22-16-23(19,20)21/h2-16H2,1H3,(H,19,20,21). The summed E-state index contributed by atoms with van der Waals surface area (Å²) in [6.07, 6.45) is 16.2. The molecule has 0 radical (unpaired) electrons. The fourth-order valence-electron chi connectivity index (χ4n) is 2.50. The van der Waals surface area contributed by atoms with E-state index in [1.165, 1.54) is 64.2 Å². The zero-order valence-electron chi connectivity index (χ0n) is 14.6. The topological polar surface area (TPSA) is 80.7 Å². The lowest BCUT2D eigenvalue weighted by Crippen LogP contribution is -2.13. The van der Waals surface area contributed by atoms with Gasteiger partial charge < -0.3 is 4.74 Å². The van der Waals surface area contributed by atoms with Crippen molar-refractivity contribution in [2.45, 2.75) is 96.8 Å². The number of ether oxygens (including phenoxy) is 1. The predicted molar refractivity (Wildman–Crippen MR) is 92.8 cm³/mol. The summed E-state index contributed by atoms with van der Waals surface area (Å²) in [6.45, 7) is 2.24. The first-order chi connectivity index (χ1) is 11.0. The minimum absolute atomic E-state index is 0.216. The third kappa shape index (κ3) is 19.3. The van der Waals surface area contributed by atoms with E-state index < -0.39 is 22.0 Å². The quantitative estimate of drug-likeness (QED) is 0.244. The van der Waals surface area contributed by atoms with Crippen molar-refractivity contribution in [1.29, 1.82) is 0 Å². The lowest BCUT2D eigenvalue weighted by molar-refractivity contribution is -0.141. The van der Waals surface area contributed by atoms with E-state index in [0.29, 0.717) is 6.42 Å². The van der Waals surface area contributed by atoms with E-state index in [9.17, 15) is 13.2 Å². The molecule has 0 aliphatic carbocycles. The third-order valence-electron chi connectivity index (χ3n) is 3.85. The maximum atomic E-state index is 11.2. The summed E-state index contributed by atoms with van der Waals surface area (Å²) >= 11 is 0.